The lowest BCUT2D eigenvalue weighted by Crippen LogP contribution is -2.09. The number of fused-ring (bicyclic) bond motifs is 1. The average molecular weight is 352 g/mol. The lowest BCUT2D eigenvalue weighted by atomic mass is 10.1. The summed E-state index contributed by atoms with van der Waals surface area (Å²) in [6, 6.07) is 12.4. The van der Waals surface area contributed by atoms with Crippen molar-refractivity contribution in [3.8, 4) is 11.3 Å². The highest BCUT2D eigenvalue weighted by molar-refractivity contribution is 5.83. The van der Waals surface area contributed by atoms with Gasteiger partial charge in [-0.2, -0.15) is 0 Å². The van der Waals surface area contributed by atoms with Crippen LogP contribution in [-0.2, 0) is 4.74 Å². The van der Waals surface area contributed by atoms with Gasteiger partial charge in [0, 0.05) is 37.8 Å². The summed E-state index contributed by atoms with van der Waals surface area (Å²) in [5.74, 6) is 2.43. The van der Waals surface area contributed by atoms with E-state index in [1.807, 2.05) is 43.4 Å². The van der Waals surface area contributed by atoms with Gasteiger partial charge in [0.15, 0.2) is 0 Å². The monoisotopic (exact) mass is 352 g/mol. The van der Waals surface area contributed by atoms with Crippen LogP contribution < -0.4 is 4.90 Å². The zero-order valence-electron chi connectivity index (χ0n) is 16.3. The molecular formula is C22H28N2O2. The molecule has 2 heterocycles. The van der Waals surface area contributed by atoms with E-state index in [1.54, 1.807) is 0 Å². The minimum absolute atomic E-state index is 0.0811. The number of furan rings is 1. The molecule has 1 atom stereocenters. The van der Waals surface area contributed by atoms with Crippen LogP contribution in [0.15, 0.2) is 47.0 Å². The molecule has 0 fully saturated rings. The predicted molar refractivity (Wildman–Crippen MR) is 108 cm³/mol. The third kappa shape index (κ3) is 4.25. The molecule has 3 rings (SSSR count). The number of hydrogen-bond donors (Lipinski definition) is 0. The molecule has 0 bridgehead atoms. The van der Waals surface area contributed by atoms with Crippen LogP contribution in [0.4, 0.5) is 5.82 Å². The van der Waals surface area contributed by atoms with Crippen molar-refractivity contribution in [3.05, 3.63) is 48.2 Å². The average Bonchev–Trinajstić information content (AvgIpc) is 3.04. The first-order chi connectivity index (χ1) is 12.4. The predicted octanol–water partition coefficient (Wildman–Crippen LogP) is 5.68. The number of pyridine rings is 1. The van der Waals surface area contributed by atoms with E-state index in [2.05, 4.69) is 44.0 Å². The summed E-state index contributed by atoms with van der Waals surface area (Å²) in [6.45, 7) is 7.32. The summed E-state index contributed by atoms with van der Waals surface area (Å²) < 4.78 is 12.0. The van der Waals surface area contributed by atoms with Crippen LogP contribution in [0.2, 0.25) is 0 Å². The Morgan fingerprint density at radius 2 is 1.88 bits per heavy atom. The third-order valence-corrected chi connectivity index (χ3v) is 4.56. The molecule has 0 aliphatic heterocycles. The maximum Gasteiger partial charge on any atom is 0.136 e. The van der Waals surface area contributed by atoms with Gasteiger partial charge in [0.25, 0.3) is 0 Å². The lowest BCUT2D eigenvalue weighted by molar-refractivity contribution is 0.0584. The van der Waals surface area contributed by atoms with E-state index in [1.165, 1.54) is 5.56 Å². The third-order valence-electron chi connectivity index (χ3n) is 4.56. The van der Waals surface area contributed by atoms with Gasteiger partial charge in [0.1, 0.15) is 17.2 Å². The first-order valence-electron chi connectivity index (χ1n) is 9.23. The molecule has 0 aliphatic carbocycles. The molecule has 0 aliphatic rings. The fraction of sp³-hybridized carbons (Fsp3) is 0.409. The second kappa shape index (κ2) is 7.92. The Bertz CT molecular complexity index is 850. The Morgan fingerprint density at radius 3 is 2.54 bits per heavy atom. The molecule has 0 saturated carbocycles. The number of rotatable bonds is 7. The van der Waals surface area contributed by atoms with E-state index in [-0.39, 0.29) is 6.10 Å². The van der Waals surface area contributed by atoms with Crippen molar-refractivity contribution in [1.82, 2.24) is 4.98 Å². The second-order valence-electron chi connectivity index (χ2n) is 7.40. The minimum Gasteiger partial charge on any atom is -0.456 e. The molecule has 4 nitrogen and oxygen atoms in total. The zero-order chi connectivity index (χ0) is 18.7. The van der Waals surface area contributed by atoms with E-state index >= 15 is 0 Å². The number of ether oxygens (including phenoxy) is 1. The van der Waals surface area contributed by atoms with E-state index in [4.69, 9.17) is 9.15 Å². The van der Waals surface area contributed by atoms with Crippen molar-refractivity contribution in [1.29, 1.82) is 0 Å². The molecular weight excluding hydrogens is 324 g/mol. The Morgan fingerprint density at radius 1 is 1.08 bits per heavy atom. The van der Waals surface area contributed by atoms with Gasteiger partial charge in [-0.15, -0.1) is 0 Å². The Labute approximate surface area is 155 Å². The van der Waals surface area contributed by atoms with E-state index < -0.39 is 0 Å². The molecule has 0 radical (unpaired) electrons. The van der Waals surface area contributed by atoms with Crippen molar-refractivity contribution >= 4 is 16.8 Å². The first-order valence-corrected chi connectivity index (χ1v) is 9.23. The van der Waals surface area contributed by atoms with Crippen molar-refractivity contribution in [2.24, 2.45) is 5.92 Å². The van der Waals surface area contributed by atoms with Crippen molar-refractivity contribution in [2.75, 3.05) is 25.6 Å². The van der Waals surface area contributed by atoms with Gasteiger partial charge in [0.2, 0.25) is 0 Å². The maximum atomic E-state index is 6.01. The van der Waals surface area contributed by atoms with Gasteiger partial charge in [-0.3, -0.25) is 0 Å². The molecule has 0 N–H and O–H groups in total. The lowest BCUT2D eigenvalue weighted by Gasteiger charge is -2.14. The topological polar surface area (TPSA) is 38.5 Å². The molecule has 2 aromatic heterocycles. The van der Waals surface area contributed by atoms with Gasteiger partial charge in [-0.1, -0.05) is 19.9 Å². The second-order valence-corrected chi connectivity index (χ2v) is 7.40. The highest BCUT2D eigenvalue weighted by Crippen LogP contribution is 2.30. The number of anilines is 1. The van der Waals surface area contributed by atoms with Gasteiger partial charge in [0.05, 0.1) is 6.10 Å². The highest BCUT2D eigenvalue weighted by atomic mass is 16.5. The Kier molecular flexibility index (Phi) is 5.62. The van der Waals surface area contributed by atoms with Crippen LogP contribution in [0, 0.1) is 5.92 Å². The largest absolute Gasteiger partial charge is 0.456 e. The summed E-state index contributed by atoms with van der Waals surface area (Å²) in [5.41, 5.74) is 3.04. The van der Waals surface area contributed by atoms with Crippen LogP contribution in [-0.4, -0.2) is 25.7 Å². The molecule has 0 spiro atoms. The van der Waals surface area contributed by atoms with Crippen molar-refractivity contribution < 1.29 is 9.15 Å². The van der Waals surface area contributed by atoms with Crippen LogP contribution in [0.1, 0.15) is 38.9 Å². The zero-order valence-corrected chi connectivity index (χ0v) is 16.3. The van der Waals surface area contributed by atoms with Gasteiger partial charge >= 0.3 is 0 Å². The SMILES string of the molecule is CC(C)CCOC(C)c1ccc2oc(-c3ccc(N(C)C)nc3)cc2c1. The molecule has 4 heteroatoms. The fourth-order valence-corrected chi connectivity index (χ4v) is 2.83. The molecule has 0 amide bonds. The molecule has 138 valence electrons. The first kappa shape index (κ1) is 18.5. The summed E-state index contributed by atoms with van der Waals surface area (Å²) in [4.78, 5) is 6.45. The summed E-state index contributed by atoms with van der Waals surface area (Å²) in [7, 11) is 3.96. The standard InChI is InChI=1S/C22H28N2O2/c1-15(2)10-11-25-16(3)17-6-8-20-19(12-17)13-21(26-20)18-7-9-22(23-14-18)24(4)5/h6-9,12-16H,10-11H2,1-5H3. The van der Waals surface area contributed by atoms with Gasteiger partial charge in [-0.25, -0.2) is 4.98 Å². The number of aromatic nitrogens is 1. The van der Waals surface area contributed by atoms with Crippen LogP contribution in [0.5, 0.6) is 0 Å². The molecule has 3 aromatic rings. The number of hydrogen-bond acceptors (Lipinski definition) is 4. The quantitative estimate of drug-likeness (QED) is 0.548. The summed E-state index contributed by atoms with van der Waals surface area (Å²) in [6.07, 6.45) is 3.02. The van der Waals surface area contributed by atoms with Gasteiger partial charge < -0.3 is 14.1 Å². The number of nitrogens with zero attached hydrogens (tertiary/aromatic N) is 2. The van der Waals surface area contributed by atoms with Crippen LogP contribution in [0.3, 0.4) is 0 Å². The van der Waals surface area contributed by atoms with E-state index in [9.17, 15) is 0 Å². The summed E-state index contributed by atoms with van der Waals surface area (Å²) in [5, 5.41) is 1.09. The Balaban J connectivity index is 1.78. The van der Waals surface area contributed by atoms with Gasteiger partial charge in [-0.05, 0) is 55.2 Å². The molecule has 1 aromatic carbocycles. The highest BCUT2D eigenvalue weighted by Gasteiger charge is 2.11. The molecule has 26 heavy (non-hydrogen) atoms. The number of benzene rings is 1. The maximum absolute atomic E-state index is 6.01. The van der Waals surface area contributed by atoms with Crippen LogP contribution in [0.25, 0.3) is 22.3 Å². The summed E-state index contributed by atoms with van der Waals surface area (Å²) >= 11 is 0. The van der Waals surface area contributed by atoms with E-state index in [0.717, 1.165) is 41.1 Å². The minimum atomic E-state index is 0.0811. The van der Waals surface area contributed by atoms with Crippen molar-refractivity contribution in [3.63, 3.8) is 0 Å². The fourth-order valence-electron chi connectivity index (χ4n) is 2.83. The Hall–Kier alpha value is -2.33. The smallest absolute Gasteiger partial charge is 0.136 e. The van der Waals surface area contributed by atoms with E-state index in [0.29, 0.717) is 5.92 Å². The van der Waals surface area contributed by atoms with Crippen LogP contribution >= 0.6 is 0 Å². The molecule has 1 unspecified atom stereocenters. The normalized spacial score (nSPS) is 12.7. The molecule has 0 saturated heterocycles. The van der Waals surface area contributed by atoms with Crippen molar-refractivity contribution in [2.45, 2.75) is 33.3 Å².